The largest absolute Gasteiger partial charge is 0.346 e. The van der Waals surface area contributed by atoms with E-state index in [2.05, 4.69) is 22.0 Å². The number of likely N-dealkylation sites (tertiary alicyclic amines) is 1. The Kier molecular flexibility index (Phi) is 6.00. The van der Waals surface area contributed by atoms with Crippen LogP contribution in [0.1, 0.15) is 37.1 Å². The quantitative estimate of drug-likeness (QED) is 0.760. The summed E-state index contributed by atoms with van der Waals surface area (Å²) in [5.74, 6) is 0.144. The second-order valence-electron chi connectivity index (χ2n) is 7.32. The first-order chi connectivity index (χ1) is 13.7. The van der Waals surface area contributed by atoms with Crippen molar-refractivity contribution in [3.05, 3.63) is 41.7 Å². The maximum atomic E-state index is 12.3. The van der Waals surface area contributed by atoms with Crippen molar-refractivity contribution < 1.29 is 9.59 Å². The maximum absolute atomic E-state index is 12.3. The Balaban J connectivity index is 1.41. The highest BCUT2D eigenvalue weighted by Crippen LogP contribution is 2.30. The van der Waals surface area contributed by atoms with E-state index < -0.39 is 0 Å². The fourth-order valence-corrected chi connectivity index (χ4v) is 4.77. The van der Waals surface area contributed by atoms with Crippen molar-refractivity contribution in [1.29, 1.82) is 0 Å². The van der Waals surface area contributed by atoms with Gasteiger partial charge in [-0.25, -0.2) is 4.98 Å². The molecule has 2 aliphatic rings. The molecular weight excluding hydrogens is 372 g/mol. The van der Waals surface area contributed by atoms with Crippen molar-refractivity contribution in [3.8, 4) is 5.69 Å². The number of aromatic nitrogens is 2. The zero-order valence-corrected chi connectivity index (χ0v) is 16.8. The molecule has 2 amide bonds. The van der Waals surface area contributed by atoms with Gasteiger partial charge < -0.3 is 10.2 Å². The van der Waals surface area contributed by atoms with E-state index in [1.165, 1.54) is 30.3 Å². The Morgan fingerprint density at radius 1 is 1.04 bits per heavy atom. The van der Waals surface area contributed by atoms with E-state index in [0.29, 0.717) is 0 Å². The number of aryl methyl sites for hydroxylation is 1. The number of imidazole rings is 1. The Morgan fingerprint density at radius 3 is 2.57 bits per heavy atom. The number of thioether (sulfide) groups is 1. The molecule has 7 heteroatoms. The number of nitrogens with zero attached hydrogens (tertiary/aromatic N) is 3. The summed E-state index contributed by atoms with van der Waals surface area (Å²) in [6, 6.07) is 10.2. The van der Waals surface area contributed by atoms with E-state index in [4.69, 9.17) is 4.98 Å². The second-order valence-corrected chi connectivity index (χ2v) is 8.26. The molecule has 0 bridgehead atoms. The highest BCUT2D eigenvalue weighted by atomic mass is 32.2. The number of nitrogens with one attached hydrogen (secondary N) is 1. The van der Waals surface area contributed by atoms with Crippen LogP contribution in [-0.4, -0.2) is 51.7 Å². The van der Waals surface area contributed by atoms with Crippen molar-refractivity contribution in [2.24, 2.45) is 0 Å². The lowest BCUT2D eigenvalue weighted by Crippen LogP contribution is -2.39. The summed E-state index contributed by atoms with van der Waals surface area (Å²) in [7, 11) is 0. The average molecular weight is 399 g/mol. The molecule has 2 heterocycles. The molecule has 0 atom stereocenters. The van der Waals surface area contributed by atoms with Crippen molar-refractivity contribution in [2.75, 3.05) is 25.4 Å². The second kappa shape index (κ2) is 8.82. The van der Waals surface area contributed by atoms with E-state index in [1.54, 1.807) is 0 Å². The molecule has 4 rings (SSSR count). The summed E-state index contributed by atoms with van der Waals surface area (Å²) in [4.78, 5) is 31.0. The predicted octanol–water partition coefficient (Wildman–Crippen LogP) is 2.58. The minimum atomic E-state index is -0.127. The molecule has 6 nitrogen and oxygen atoms in total. The Morgan fingerprint density at radius 2 is 1.79 bits per heavy atom. The fraction of sp³-hybridized carbons (Fsp3) is 0.476. The van der Waals surface area contributed by atoms with Gasteiger partial charge in [0.2, 0.25) is 11.8 Å². The lowest BCUT2D eigenvalue weighted by molar-refractivity contribution is -0.131. The van der Waals surface area contributed by atoms with Gasteiger partial charge in [-0.15, -0.1) is 0 Å². The van der Waals surface area contributed by atoms with E-state index in [1.807, 2.05) is 23.1 Å². The molecule has 0 radical (unpaired) electrons. The first-order valence-corrected chi connectivity index (χ1v) is 11.0. The average Bonchev–Trinajstić information content (AvgIpc) is 3.39. The maximum Gasteiger partial charge on any atom is 0.241 e. The highest BCUT2D eigenvalue weighted by Gasteiger charge is 2.22. The van der Waals surface area contributed by atoms with E-state index in [-0.39, 0.29) is 24.1 Å². The molecule has 1 fully saturated rings. The molecular formula is C21H26N4O2S. The SMILES string of the molecule is O=C(CSc1nc2c(n1-c1ccccc1)CCCC2)NCC(=O)N1CCCC1. The van der Waals surface area contributed by atoms with Crippen LogP contribution >= 0.6 is 11.8 Å². The predicted molar refractivity (Wildman–Crippen MR) is 110 cm³/mol. The van der Waals surface area contributed by atoms with Gasteiger partial charge in [0.1, 0.15) is 0 Å². The van der Waals surface area contributed by atoms with Crippen molar-refractivity contribution in [3.63, 3.8) is 0 Å². The summed E-state index contributed by atoms with van der Waals surface area (Å²) >= 11 is 1.44. The molecule has 2 aromatic rings. The van der Waals surface area contributed by atoms with Gasteiger partial charge >= 0.3 is 0 Å². The van der Waals surface area contributed by atoms with Crippen LogP contribution in [0.4, 0.5) is 0 Å². The van der Waals surface area contributed by atoms with Gasteiger partial charge in [0.05, 0.1) is 18.0 Å². The standard InChI is InChI=1S/C21H26N4O2S/c26-19(22-14-20(27)24-12-6-7-13-24)15-28-21-23-17-10-4-5-11-18(17)25(21)16-8-2-1-3-9-16/h1-3,8-9H,4-7,10-15H2,(H,22,26). The number of benzene rings is 1. The normalized spacial score (nSPS) is 16.1. The van der Waals surface area contributed by atoms with Gasteiger partial charge in [-0.2, -0.15) is 0 Å². The number of fused-ring (bicyclic) bond motifs is 1. The summed E-state index contributed by atoms with van der Waals surface area (Å²) in [5.41, 5.74) is 3.51. The third-order valence-corrected chi connectivity index (χ3v) is 6.28. The molecule has 1 aromatic heterocycles. The number of hydrogen-bond acceptors (Lipinski definition) is 4. The van der Waals surface area contributed by atoms with Crippen LogP contribution in [-0.2, 0) is 22.4 Å². The highest BCUT2D eigenvalue weighted by molar-refractivity contribution is 7.99. The lowest BCUT2D eigenvalue weighted by Gasteiger charge is -2.16. The number of carbonyl (C=O) groups is 2. The first-order valence-electron chi connectivity index (χ1n) is 10.1. The van der Waals surface area contributed by atoms with Gasteiger partial charge in [-0.05, 0) is 50.7 Å². The van der Waals surface area contributed by atoms with E-state index in [0.717, 1.165) is 55.3 Å². The topological polar surface area (TPSA) is 67.2 Å². The molecule has 0 spiro atoms. The molecule has 1 aliphatic carbocycles. The molecule has 0 unspecified atom stereocenters. The molecule has 1 N–H and O–H groups in total. The van der Waals surface area contributed by atoms with Crippen LogP contribution in [0.15, 0.2) is 35.5 Å². The van der Waals surface area contributed by atoms with Gasteiger partial charge in [-0.1, -0.05) is 30.0 Å². The number of amides is 2. The molecule has 1 saturated heterocycles. The number of para-hydroxylation sites is 1. The van der Waals surface area contributed by atoms with Crippen molar-refractivity contribution in [1.82, 2.24) is 19.8 Å². The van der Waals surface area contributed by atoms with Crippen molar-refractivity contribution >= 4 is 23.6 Å². The third-order valence-electron chi connectivity index (χ3n) is 5.34. The van der Waals surface area contributed by atoms with Gasteiger partial charge in [0.25, 0.3) is 0 Å². The Labute approximate surface area is 169 Å². The van der Waals surface area contributed by atoms with Gasteiger partial charge in [0.15, 0.2) is 5.16 Å². The van der Waals surface area contributed by atoms with Crippen LogP contribution in [0, 0.1) is 0 Å². The van der Waals surface area contributed by atoms with Crippen LogP contribution in [0.2, 0.25) is 0 Å². The minimum absolute atomic E-state index is 0.0112. The number of carbonyl (C=O) groups excluding carboxylic acids is 2. The zero-order valence-electron chi connectivity index (χ0n) is 16.0. The summed E-state index contributed by atoms with van der Waals surface area (Å²) in [6.07, 6.45) is 6.48. The molecule has 1 aliphatic heterocycles. The molecule has 28 heavy (non-hydrogen) atoms. The molecule has 148 valence electrons. The van der Waals surface area contributed by atoms with Crippen LogP contribution in [0.5, 0.6) is 0 Å². The summed E-state index contributed by atoms with van der Waals surface area (Å²) in [6.45, 7) is 1.70. The monoisotopic (exact) mass is 398 g/mol. The van der Waals surface area contributed by atoms with Crippen molar-refractivity contribution in [2.45, 2.75) is 43.7 Å². The number of hydrogen-bond donors (Lipinski definition) is 1. The van der Waals surface area contributed by atoms with Crippen LogP contribution in [0.25, 0.3) is 5.69 Å². The zero-order chi connectivity index (χ0) is 19.3. The van der Waals surface area contributed by atoms with Gasteiger partial charge in [-0.3, -0.25) is 14.2 Å². The van der Waals surface area contributed by atoms with Crippen LogP contribution < -0.4 is 5.32 Å². The first kappa shape index (κ1) is 19.1. The Hall–Kier alpha value is -2.28. The summed E-state index contributed by atoms with van der Waals surface area (Å²) in [5, 5.41) is 3.62. The van der Waals surface area contributed by atoms with Crippen LogP contribution in [0.3, 0.4) is 0 Å². The molecule has 1 aromatic carbocycles. The van der Waals surface area contributed by atoms with E-state index in [9.17, 15) is 9.59 Å². The van der Waals surface area contributed by atoms with E-state index >= 15 is 0 Å². The smallest absolute Gasteiger partial charge is 0.241 e. The Bertz CT molecular complexity index is 844. The third kappa shape index (κ3) is 4.24. The van der Waals surface area contributed by atoms with Gasteiger partial charge in [0, 0.05) is 24.5 Å². The lowest BCUT2D eigenvalue weighted by atomic mass is 10.0. The fourth-order valence-electron chi connectivity index (χ4n) is 3.89. The number of rotatable bonds is 6. The summed E-state index contributed by atoms with van der Waals surface area (Å²) < 4.78 is 2.20. The minimum Gasteiger partial charge on any atom is -0.346 e. The molecule has 0 saturated carbocycles.